The number of aromatic nitrogens is 2. The molecule has 0 bridgehead atoms. The first-order valence-electron chi connectivity index (χ1n) is 9.29. The molecule has 0 aliphatic carbocycles. The van der Waals surface area contributed by atoms with Crippen molar-refractivity contribution in [2.45, 2.75) is 19.9 Å². The minimum Gasteiger partial charge on any atom is -0.462 e. The van der Waals surface area contributed by atoms with Gasteiger partial charge in [-0.2, -0.15) is 0 Å². The van der Waals surface area contributed by atoms with Crippen LogP contribution in [-0.4, -0.2) is 21.7 Å². The Morgan fingerprint density at radius 1 is 1.04 bits per heavy atom. The third-order valence-electron chi connectivity index (χ3n) is 5.31. The van der Waals surface area contributed by atoms with Gasteiger partial charge in [0.1, 0.15) is 0 Å². The van der Waals surface area contributed by atoms with Gasteiger partial charge in [0, 0.05) is 35.1 Å². The molecule has 4 nitrogen and oxygen atoms in total. The Balaban J connectivity index is 1.84. The molecule has 5 rings (SSSR count). The van der Waals surface area contributed by atoms with Gasteiger partial charge in [0.05, 0.1) is 24.2 Å². The minimum absolute atomic E-state index is 0.253. The number of ether oxygens (including phenoxy) is 1. The zero-order valence-electron chi connectivity index (χ0n) is 15.2. The number of esters is 1. The monoisotopic (exact) mass is 356 g/mol. The molecule has 0 saturated carbocycles. The molecule has 1 aliphatic rings. The quantitative estimate of drug-likeness (QED) is 0.444. The Kier molecular flexibility index (Phi) is 3.64. The standard InChI is InChI=1S/C23H20N2O2/c1-2-27-23(26)18-11-6-12-20-22(18)19-14-17-10-7-13-24(17)15-21(19)25(20)16-8-4-3-5-9-16/h3-13H,2,14-15H2,1H3. The van der Waals surface area contributed by atoms with Crippen molar-refractivity contribution in [2.24, 2.45) is 0 Å². The maximum atomic E-state index is 12.6. The maximum absolute atomic E-state index is 12.6. The lowest BCUT2D eigenvalue weighted by Crippen LogP contribution is -2.15. The minimum atomic E-state index is -0.253. The van der Waals surface area contributed by atoms with Crippen molar-refractivity contribution in [1.82, 2.24) is 9.13 Å². The van der Waals surface area contributed by atoms with Gasteiger partial charge in [0.15, 0.2) is 0 Å². The van der Waals surface area contributed by atoms with E-state index in [9.17, 15) is 4.79 Å². The average Bonchev–Trinajstić information content (AvgIpc) is 3.28. The summed E-state index contributed by atoms with van der Waals surface area (Å²) in [5.41, 5.74) is 6.55. The summed E-state index contributed by atoms with van der Waals surface area (Å²) in [5, 5.41) is 1.02. The lowest BCUT2D eigenvalue weighted by atomic mass is 9.99. The van der Waals surface area contributed by atoms with Crippen molar-refractivity contribution in [1.29, 1.82) is 0 Å². The predicted molar refractivity (Wildman–Crippen MR) is 106 cm³/mol. The first-order chi connectivity index (χ1) is 13.3. The zero-order chi connectivity index (χ0) is 18.4. The molecule has 2 aromatic heterocycles. The molecule has 4 heteroatoms. The van der Waals surface area contributed by atoms with Crippen LogP contribution in [0.15, 0.2) is 66.9 Å². The molecule has 0 amide bonds. The molecule has 0 radical (unpaired) electrons. The van der Waals surface area contributed by atoms with Crippen LogP contribution in [0.4, 0.5) is 0 Å². The number of nitrogens with zero attached hydrogens (tertiary/aromatic N) is 2. The molecule has 0 atom stereocenters. The van der Waals surface area contributed by atoms with E-state index in [0.29, 0.717) is 12.2 Å². The lowest BCUT2D eigenvalue weighted by Gasteiger charge is -2.19. The molecular formula is C23H20N2O2. The molecule has 0 unspecified atom stereocenters. The van der Waals surface area contributed by atoms with Crippen LogP contribution in [0.5, 0.6) is 0 Å². The lowest BCUT2D eigenvalue weighted by molar-refractivity contribution is 0.0528. The van der Waals surface area contributed by atoms with E-state index in [-0.39, 0.29) is 5.97 Å². The Morgan fingerprint density at radius 2 is 1.89 bits per heavy atom. The summed E-state index contributed by atoms with van der Waals surface area (Å²) < 4.78 is 9.91. The molecule has 3 heterocycles. The highest BCUT2D eigenvalue weighted by Crippen LogP contribution is 2.37. The molecule has 4 aromatic rings. The second kappa shape index (κ2) is 6.16. The van der Waals surface area contributed by atoms with Gasteiger partial charge in [0.2, 0.25) is 0 Å². The smallest absolute Gasteiger partial charge is 0.338 e. The van der Waals surface area contributed by atoms with Crippen LogP contribution in [-0.2, 0) is 17.7 Å². The largest absolute Gasteiger partial charge is 0.462 e. The van der Waals surface area contributed by atoms with Crippen LogP contribution in [0.25, 0.3) is 16.6 Å². The van der Waals surface area contributed by atoms with Crippen molar-refractivity contribution in [3.63, 3.8) is 0 Å². The van der Waals surface area contributed by atoms with Crippen LogP contribution in [0.1, 0.15) is 34.2 Å². The third kappa shape index (κ3) is 2.40. The van der Waals surface area contributed by atoms with Gasteiger partial charge < -0.3 is 13.9 Å². The zero-order valence-corrected chi connectivity index (χ0v) is 15.2. The molecular weight excluding hydrogens is 336 g/mol. The fourth-order valence-corrected chi connectivity index (χ4v) is 4.18. The molecule has 1 aliphatic heterocycles. The number of para-hydroxylation sites is 1. The van der Waals surface area contributed by atoms with Crippen molar-refractivity contribution in [3.8, 4) is 5.69 Å². The summed E-state index contributed by atoms with van der Waals surface area (Å²) >= 11 is 0. The van der Waals surface area contributed by atoms with Crippen molar-refractivity contribution < 1.29 is 9.53 Å². The van der Waals surface area contributed by atoms with E-state index in [1.807, 2.05) is 37.3 Å². The normalized spacial score (nSPS) is 12.6. The van der Waals surface area contributed by atoms with E-state index in [4.69, 9.17) is 4.74 Å². The van der Waals surface area contributed by atoms with E-state index < -0.39 is 0 Å². The fraction of sp³-hybridized carbons (Fsp3) is 0.174. The predicted octanol–water partition coefficient (Wildman–Crippen LogP) is 4.56. The van der Waals surface area contributed by atoms with Gasteiger partial charge in [-0.15, -0.1) is 0 Å². The summed E-state index contributed by atoms with van der Waals surface area (Å²) in [6, 6.07) is 20.5. The summed E-state index contributed by atoms with van der Waals surface area (Å²) in [6.07, 6.45) is 2.94. The van der Waals surface area contributed by atoms with Crippen LogP contribution < -0.4 is 0 Å². The third-order valence-corrected chi connectivity index (χ3v) is 5.31. The van der Waals surface area contributed by atoms with Gasteiger partial charge >= 0.3 is 5.97 Å². The first kappa shape index (κ1) is 15.9. The maximum Gasteiger partial charge on any atom is 0.338 e. The Hall–Kier alpha value is -3.27. The number of carbonyl (C=O) groups is 1. The fourth-order valence-electron chi connectivity index (χ4n) is 4.18. The van der Waals surface area contributed by atoms with Gasteiger partial charge in [0.25, 0.3) is 0 Å². The second-order valence-corrected chi connectivity index (χ2v) is 6.82. The molecule has 0 fully saturated rings. The van der Waals surface area contributed by atoms with Gasteiger partial charge in [-0.1, -0.05) is 24.3 Å². The SMILES string of the molecule is CCOC(=O)c1cccc2c1c1c(n2-c2ccccc2)Cn2cccc2C1. The van der Waals surface area contributed by atoms with E-state index >= 15 is 0 Å². The number of hydrogen-bond donors (Lipinski definition) is 0. The van der Waals surface area contributed by atoms with E-state index in [0.717, 1.165) is 29.6 Å². The molecule has 0 N–H and O–H groups in total. The van der Waals surface area contributed by atoms with Crippen LogP contribution in [0.2, 0.25) is 0 Å². The topological polar surface area (TPSA) is 36.2 Å². The Labute approximate surface area is 157 Å². The van der Waals surface area contributed by atoms with Crippen molar-refractivity contribution in [2.75, 3.05) is 6.61 Å². The highest BCUT2D eigenvalue weighted by Gasteiger charge is 2.27. The number of rotatable bonds is 3. The average molecular weight is 356 g/mol. The molecule has 134 valence electrons. The molecule has 0 saturated heterocycles. The highest BCUT2D eigenvalue weighted by atomic mass is 16.5. The van der Waals surface area contributed by atoms with Crippen molar-refractivity contribution in [3.05, 3.63) is 89.4 Å². The van der Waals surface area contributed by atoms with E-state index in [1.54, 1.807) is 0 Å². The Morgan fingerprint density at radius 3 is 2.70 bits per heavy atom. The molecule has 2 aromatic carbocycles. The van der Waals surface area contributed by atoms with Crippen molar-refractivity contribution >= 4 is 16.9 Å². The summed E-state index contributed by atoms with van der Waals surface area (Å²) in [6.45, 7) is 3.01. The number of benzene rings is 2. The second-order valence-electron chi connectivity index (χ2n) is 6.82. The number of fused-ring (bicyclic) bond motifs is 4. The van der Waals surface area contributed by atoms with Crippen LogP contribution in [0.3, 0.4) is 0 Å². The van der Waals surface area contributed by atoms with Crippen LogP contribution >= 0.6 is 0 Å². The van der Waals surface area contributed by atoms with Crippen LogP contribution in [0, 0.1) is 0 Å². The summed E-state index contributed by atoms with van der Waals surface area (Å²) in [4.78, 5) is 12.6. The first-order valence-corrected chi connectivity index (χ1v) is 9.29. The van der Waals surface area contributed by atoms with Gasteiger partial charge in [-0.3, -0.25) is 0 Å². The number of hydrogen-bond acceptors (Lipinski definition) is 2. The summed E-state index contributed by atoms with van der Waals surface area (Å²) in [7, 11) is 0. The highest BCUT2D eigenvalue weighted by molar-refractivity contribution is 6.06. The van der Waals surface area contributed by atoms with E-state index in [2.05, 4.69) is 45.7 Å². The van der Waals surface area contributed by atoms with Gasteiger partial charge in [-0.05, 0) is 48.9 Å². The molecule has 0 spiro atoms. The number of carbonyl (C=O) groups excluding carboxylic acids is 1. The van der Waals surface area contributed by atoms with E-state index in [1.165, 1.54) is 17.0 Å². The van der Waals surface area contributed by atoms with Gasteiger partial charge in [-0.25, -0.2) is 4.79 Å². The summed E-state index contributed by atoms with van der Waals surface area (Å²) in [5.74, 6) is -0.253. The molecule has 27 heavy (non-hydrogen) atoms. The Bertz CT molecular complexity index is 1150.